The van der Waals surface area contributed by atoms with E-state index in [1.165, 1.54) is 19.3 Å². The maximum atomic E-state index is 12.0. The fourth-order valence-electron chi connectivity index (χ4n) is 2.53. The van der Waals surface area contributed by atoms with Crippen LogP contribution in [0.25, 0.3) is 0 Å². The SMILES string of the molecule is COc1ccc(C(=O)N/N=C/C2CCCCC2)cc1OC. The molecule has 2 rings (SSSR count). The summed E-state index contributed by atoms with van der Waals surface area (Å²) in [5.74, 6) is 1.37. The minimum Gasteiger partial charge on any atom is -0.493 e. The Bertz CT molecular complexity index is 508. The number of ether oxygens (including phenoxy) is 2. The minimum absolute atomic E-state index is 0.247. The molecule has 0 spiro atoms. The second kappa shape index (κ2) is 7.67. The van der Waals surface area contributed by atoms with Crippen molar-refractivity contribution in [3.63, 3.8) is 0 Å². The lowest BCUT2D eigenvalue weighted by Crippen LogP contribution is -2.19. The maximum absolute atomic E-state index is 12.0. The lowest BCUT2D eigenvalue weighted by atomic mass is 9.90. The van der Waals surface area contributed by atoms with Crippen molar-refractivity contribution in [1.82, 2.24) is 5.43 Å². The van der Waals surface area contributed by atoms with Gasteiger partial charge in [0.2, 0.25) is 0 Å². The third-order valence-electron chi connectivity index (χ3n) is 3.75. The lowest BCUT2D eigenvalue weighted by Gasteiger charge is -2.16. The van der Waals surface area contributed by atoms with E-state index in [0.29, 0.717) is 23.0 Å². The highest BCUT2D eigenvalue weighted by atomic mass is 16.5. The van der Waals surface area contributed by atoms with Gasteiger partial charge in [0.25, 0.3) is 5.91 Å². The van der Waals surface area contributed by atoms with Crippen LogP contribution in [0.5, 0.6) is 11.5 Å². The normalized spacial score (nSPS) is 15.9. The molecule has 0 unspecified atom stereocenters. The first kappa shape index (κ1) is 15.4. The van der Waals surface area contributed by atoms with Gasteiger partial charge in [-0.05, 0) is 37.0 Å². The van der Waals surface area contributed by atoms with Crippen molar-refractivity contribution >= 4 is 12.1 Å². The smallest absolute Gasteiger partial charge is 0.271 e. The van der Waals surface area contributed by atoms with Gasteiger partial charge in [-0.2, -0.15) is 5.10 Å². The number of nitrogens with zero attached hydrogens (tertiary/aromatic N) is 1. The summed E-state index contributed by atoms with van der Waals surface area (Å²) < 4.78 is 10.3. The molecule has 1 aliphatic rings. The average molecular weight is 290 g/mol. The number of carbonyl (C=O) groups is 1. The van der Waals surface area contributed by atoms with Crippen LogP contribution in [0.4, 0.5) is 0 Å². The Labute approximate surface area is 125 Å². The van der Waals surface area contributed by atoms with Gasteiger partial charge in [0.15, 0.2) is 11.5 Å². The number of carbonyl (C=O) groups excluding carboxylic acids is 1. The van der Waals surface area contributed by atoms with Crippen molar-refractivity contribution in [2.24, 2.45) is 11.0 Å². The van der Waals surface area contributed by atoms with Crippen LogP contribution in [-0.4, -0.2) is 26.3 Å². The van der Waals surface area contributed by atoms with E-state index in [2.05, 4.69) is 10.5 Å². The highest BCUT2D eigenvalue weighted by molar-refractivity contribution is 5.95. The first-order chi connectivity index (χ1) is 10.2. The Balaban J connectivity index is 1.95. The van der Waals surface area contributed by atoms with E-state index < -0.39 is 0 Å². The molecule has 1 amide bonds. The van der Waals surface area contributed by atoms with Gasteiger partial charge in [-0.1, -0.05) is 19.3 Å². The summed E-state index contributed by atoms with van der Waals surface area (Å²) >= 11 is 0. The van der Waals surface area contributed by atoms with E-state index >= 15 is 0 Å². The number of benzene rings is 1. The number of methoxy groups -OCH3 is 2. The van der Waals surface area contributed by atoms with Gasteiger partial charge in [-0.3, -0.25) is 4.79 Å². The van der Waals surface area contributed by atoms with Gasteiger partial charge in [-0.15, -0.1) is 0 Å². The number of hydrogen-bond donors (Lipinski definition) is 1. The molecule has 0 aliphatic heterocycles. The average Bonchev–Trinajstić information content (AvgIpc) is 2.55. The topological polar surface area (TPSA) is 59.9 Å². The van der Waals surface area contributed by atoms with Gasteiger partial charge in [0.05, 0.1) is 14.2 Å². The highest BCUT2D eigenvalue weighted by Gasteiger charge is 2.12. The fourth-order valence-corrected chi connectivity index (χ4v) is 2.53. The Morgan fingerprint density at radius 1 is 1.19 bits per heavy atom. The Morgan fingerprint density at radius 2 is 1.90 bits per heavy atom. The summed E-state index contributed by atoms with van der Waals surface area (Å²) in [6.45, 7) is 0. The minimum atomic E-state index is -0.247. The molecule has 0 atom stereocenters. The van der Waals surface area contributed by atoms with Gasteiger partial charge in [-0.25, -0.2) is 5.43 Å². The zero-order valence-electron chi connectivity index (χ0n) is 12.6. The molecule has 114 valence electrons. The van der Waals surface area contributed by atoms with Crippen LogP contribution in [-0.2, 0) is 0 Å². The Hall–Kier alpha value is -2.04. The third-order valence-corrected chi connectivity index (χ3v) is 3.75. The quantitative estimate of drug-likeness (QED) is 0.670. The zero-order valence-corrected chi connectivity index (χ0v) is 12.6. The molecule has 1 aliphatic carbocycles. The molecule has 1 aromatic carbocycles. The van der Waals surface area contributed by atoms with Crippen molar-refractivity contribution in [3.8, 4) is 11.5 Å². The van der Waals surface area contributed by atoms with Crippen molar-refractivity contribution in [3.05, 3.63) is 23.8 Å². The first-order valence-corrected chi connectivity index (χ1v) is 7.30. The molecule has 1 aromatic rings. The van der Waals surface area contributed by atoms with E-state index in [1.54, 1.807) is 32.4 Å². The molecule has 1 N–H and O–H groups in total. The Kier molecular flexibility index (Phi) is 5.60. The zero-order chi connectivity index (χ0) is 15.1. The number of rotatable bonds is 5. The predicted octanol–water partition coefficient (Wildman–Crippen LogP) is 3.00. The van der Waals surface area contributed by atoms with Gasteiger partial charge in [0.1, 0.15) is 0 Å². The van der Waals surface area contributed by atoms with Crippen molar-refractivity contribution in [2.45, 2.75) is 32.1 Å². The molecule has 0 bridgehead atoms. The van der Waals surface area contributed by atoms with Crippen molar-refractivity contribution in [2.75, 3.05) is 14.2 Å². The van der Waals surface area contributed by atoms with Gasteiger partial charge < -0.3 is 9.47 Å². The molecule has 0 heterocycles. The summed E-state index contributed by atoms with van der Waals surface area (Å²) in [7, 11) is 3.10. The summed E-state index contributed by atoms with van der Waals surface area (Å²) in [5, 5.41) is 4.07. The molecule has 0 aromatic heterocycles. The second-order valence-corrected chi connectivity index (χ2v) is 5.19. The monoisotopic (exact) mass is 290 g/mol. The van der Waals surface area contributed by atoms with Crippen LogP contribution >= 0.6 is 0 Å². The summed E-state index contributed by atoms with van der Waals surface area (Å²) in [5.41, 5.74) is 3.06. The predicted molar refractivity (Wildman–Crippen MR) is 82.1 cm³/mol. The summed E-state index contributed by atoms with van der Waals surface area (Å²) in [4.78, 5) is 12.0. The van der Waals surface area contributed by atoms with Crippen LogP contribution in [0.1, 0.15) is 42.5 Å². The van der Waals surface area contributed by atoms with Crippen LogP contribution in [0.2, 0.25) is 0 Å². The molecule has 1 saturated carbocycles. The van der Waals surface area contributed by atoms with Crippen molar-refractivity contribution < 1.29 is 14.3 Å². The summed E-state index contributed by atoms with van der Waals surface area (Å²) in [6.07, 6.45) is 7.99. The second-order valence-electron chi connectivity index (χ2n) is 5.19. The summed E-state index contributed by atoms with van der Waals surface area (Å²) in [6, 6.07) is 5.04. The highest BCUT2D eigenvalue weighted by Crippen LogP contribution is 2.27. The fraction of sp³-hybridized carbons (Fsp3) is 0.500. The third kappa shape index (κ3) is 4.21. The molecule has 0 radical (unpaired) electrons. The van der Waals surface area contributed by atoms with Crippen LogP contribution < -0.4 is 14.9 Å². The molecular formula is C16H22N2O3. The van der Waals surface area contributed by atoms with E-state index in [-0.39, 0.29) is 5.91 Å². The standard InChI is InChI=1S/C16H22N2O3/c1-20-14-9-8-13(10-15(14)21-2)16(19)18-17-11-12-6-4-3-5-7-12/h8-12H,3-7H2,1-2H3,(H,18,19)/b17-11+. The van der Waals surface area contributed by atoms with Crippen LogP contribution in [0.15, 0.2) is 23.3 Å². The molecule has 21 heavy (non-hydrogen) atoms. The molecule has 1 fully saturated rings. The molecular weight excluding hydrogens is 268 g/mol. The molecule has 5 nitrogen and oxygen atoms in total. The molecule has 0 saturated heterocycles. The number of nitrogens with one attached hydrogen (secondary N) is 1. The van der Waals surface area contributed by atoms with Gasteiger partial charge >= 0.3 is 0 Å². The van der Waals surface area contributed by atoms with E-state index in [9.17, 15) is 4.79 Å². The number of amides is 1. The molecule has 5 heteroatoms. The Morgan fingerprint density at radius 3 is 2.57 bits per heavy atom. The van der Waals surface area contributed by atoms with Crippen LogP contribution in [0.3, 0.4) is 0 Å². The lowest BCUT2D eigenvalue weighted by molar-refractivity contribution is 0.0954. The number of hydrazone groups is 1. The number of hydrogen-bond acceptors (Lipinski definition) is 4. The van der Waals surface area contributed by atoms with Gasteiger partial charge in [0, 0.05) is 11.8 Å². The van der Waals surface area contributed by atoms with Crippen LogP contribution in [0, 0.1) is 5.92 Å². The van der Waals surface area contributed by atoms with E-state index in [0.717, 1.165) is 12.8 Å². The first-order valence-electron chi connectivity index (χ1n) is 7.30. The maximum Gasteiger partial charge on any atom is 0.271 e. The van der Waals surface area contributed by atoms with E-state index in [4.69, 9.17) is 9.47 Å². The van der Waals surface area contributed by atoms with Crippen molar-refractivity contribution in [1.29, 1.82) is 0 Å². The largest absolute Gasteiger partial charge is 0.493 e. The van der Waals surface area contributed by atoms with E-state index in [1.807, 2.05) is 6.21 Å².